The van der Waals surface area contributed by atoms with Crippen molar-refractivity contribution in [3.63, 3.8) is 0 Å². The predicted molar refractivity (Wildman–Crippen MR) is 71.7 cm³/mol. The normalized spacial score (nSPS) is 19.1. The van der Waals surface area contributed by atoms with Crippen molar-refractivity contribution in [3.05, 3.63) is 17.5 Å². The third kappa shape index (κ3) is 2.96. The molecule has 1 amide bonds. The van der Waals surface area contributed by atoms with E-state index < -0.39 is 0 Å². The molecule has 1 fully saturated rings. The van der Waals surface area contributed by atoms with Crippen LogP contribution in [0.15, 0.2) is 6.20 Å². The van der Waals surface area contributed by atoms with E-state index in [2.05, 4.69) is 5.10 Å². The van der Waals surface area contributed by atoms with E-state index >= 15 is 0 Å². The number of amides is 1. The third-order valence-corrected chi connectivity index (χ3v) is 3.74. The highest BCUT2D eigenvalue weighted by Gasteiger charge is 2.28. The van der Waals surface area contributed by atoms with Gasteiger partial charge in [-0.25, -0.2) is 0 Å². The van der Waals surface area contributed by atoms with E-state index in [4.69, 9.17) is 10.8 Å². The van der Waals surface area contributed by atoms with Gasteiger partial charge in [-0.3, -0.25) is 9.48 Å². The van der Waals surface area contributed by atoms with Gasteiger partial charge < -0.3 is 15.7 Å². The molecule has 1 aliphatic heterocycles. The van der Waals surface area contributed by atoms with Crippen molar-refractivity contribution < 1.29 is 9.90 Å². The first-order chi connectivity index (χ1) is 9.17. The van der Waals surface area contributed by atoms with Crippen molar-refractivity contribution >= 4 is 5.91 Å². The van der Waals surface area contributed by atoms with Crippen molar-refractivity contribution in [2.75, 3.05) is 26.2 Å². The Morgan fingerprint density at radius 1 is 1.63 bits per heavy atom. The summed E-state index contributed by atoms with van der Waals surface area (Å²) in [5.41, 5.74) is 7.04. The highest BCUT2D eigenvalue weighted by molar-refractivity contribution is 5.95. The molecule has 6 nitrogen and oxygen atoms in total. The van der Waals surface area contributed by atoms with Crippen LogP contribution in [-0.4, -0.2) is 51.9 Å². The molecule has 19 heavy (non-hydrogen) atoms. The molecule has 106 valence electrons. The number of nitrogens with zero attached hydrogens (tertiary/aromatic N) is 3. The Balaban J connectivity index is 2.05. The number of hydrogen-bond acceptors (Lipinski definition) is 4. The summed E-state index contributed by atoms with van der Waals surface area (Å²) in [4.78, 5) is 14.2. The molecule has 0 spiro atoms. The Bertz CT molecular complexity index is 444. The van der Waals surface area contributed by atoms with Crippen LogP contribution in [0.3, 0.4) is 0 Å². The molecule has 0 aromatic carbocycles. The third-order valence-electron chi connectivity index (χ3n) is 3.74. The maximum absolute atomic E-state index is 12.4. The highest BCUT2D eigenvalue weighted by Crippen LogP contribution is 2.19. The van der Waals surface area contributed by atoms with Crippen LogP contribution < -0.4 is 5.73 Å². The molecule has 6 heteroatoms. The van der Waals surface area contributed by atoms with Crippen molar-refractivity contribution in [2.45, 2.75) is 26.3 Å². The molecule has 1 aromatic rings. The summed E-state index contributed by atoms with van der Waals surface area (Å²) in [6.45, 7) is 4.79. The average Bonchev–Trinajstić information content (AvgIpc) is 3.03. The zero-order valence-corrected chi connectivity index (χ0v) is 11.4. The summed E-state index contributed by atoms with van der Waals surface area (Å²) in [6.07, 6.45) is 3.37. The van der Waals surface area contributed by atoms with Gasteiger partial charge in [-0.1, -0.05) is 0 Å². The van der Waals surface area contributed by atoms with Crippen LogP contribution in [0.5, 0.6) is 0 Å². The SMILES string of the molecule is Cc1c(C(=O)N2CCC(CO)C2)cnn1CCCN. The van der Waals surface area contributed by atoms with Crippen molar-refractivity contribution in [1.82, 2.24) is 14.7 Å². The summed E-state index contributed by atoms with van der Waals surface area (Å²) in [5.74, 6) is 0.240. The van der Waals surface area contributed by atoms with Crippen LogP contribution in [-0.2, 0) is 6.54 Å². The van der Waals surface area contributed by atoms with E-state index in [1.54, 1.807) is 11.1 Å². The fraction of sp³-hybridized carbons (Fsp3) is 0.692. The molecule has 2 rings (SSSR count). The summed E-state index contributed by atoms with van der Waals surface area (Å²) in [6, 6.07) is 0. The topological polar surface area (TPSA) is 84.4 Å². The maximum Gasteiger partial charge on any atom is 0.257 e. The van der Waals surface area contributed by atoms with Crippen LogP contribution >= 0.6 is 0 Å². The highest BCUT2D eigenvalue weighted by atomic mass is 16.3. The van der Waals surface area contributed by atoms with Gasteiger partial charge in [0.15, 0.2) is 0 Å². The molecular weight excluding hydrogens is 244 g/mol. The van der Waals surface area contributed by atoms with Gasteiger partial charge in [0.1, 0.15) is 0 Å². The molecule has 1 atom stereocenters. The van der Waals surface area contributed by atoms with Crippen molar-refractivity contribution in [2.24, 2.45) is 11.7 Å². The Kier molecular flexibility index (Phi) is 4.55. The lowest BCUT2D eigenvalue weighted by Crippen LogP contribution is -2.29. The molecule has 0 aliphatic carbocycles. The quantitative estimate of drug-likeness (QED) is 0.785. The van der Waals surface area contributed by atoms with E-state index in [9.17, 15) is 4.79 Å². The average molecular weight is 266 g/mol. The minimum atomic E-state index is 0.0208. The van der Waals surface area contributed by atoms with E-state index in [-0.39, 0.29) is 18.4 Å². The first-order valence-corrected chi connectivity index (χ1v) is 6.80. The predicted octanol–water partition coefficient (Wildman–Crippen LogP) is -0.00528. The second-order valence-corrected chi connectivity index (χ2v) is 5.10. The molecular formula is C13H22N4O2. The molecule has 0 bridgehead atoms. The molecule has 1 unspecified atom stereocenters. The Hall–Kier alpha value is -1.40. The minimum absolute atomic E-state index is 0.0208. The number of likely N-dealkylation sites (tertiary alicyclic amines) is 1. The van der Waals surface area contributed by atoms with Gasteiger partial charge in [0, 0.05) is 37.9 Å². The number of hydrogen-bond donors (Lipinski definition) is 2. The lowest BCUT2D eigenvalue weighted by atomic mass is 10.1. The van der Waals surface area contributed by atoms with Gasteiger partial charge >= 0.3 is 0 Å². The number of aliphatic hydroxyl groups is 1. The number of carbonyl (C=O) groups excluding carboxylic acids is 1. The smallest absolute Gasteiger partial charge is 0.257 e. The lowest BCUT2D eigenvalue weighted by Gasteiger charge is -2.15. The van der Waals surface area contributed by atoms with Gasteiger partial charge in [0.05, 0.1) is 11.8 Å². The van der Waals surface area contributed by atoms with E-state index in [0.29, 0.717) is 18.7 Å². The van der Waals surface area contributed by atoms with Crippen LogP contribution in [0.4, 0.5) is 0 Å². The number of aryl methyl sites for hydroxylation is 1. The zero-order chi connectivity index (χ0) is 13.8. The number of nitrogens with two attached hydrogens (primary N) is 1. The van der Waals surface area contributed by atoms with Gasteiger partial charge in [-0.2, -0.15) is 5.10 Å². The number of aliphatic hydroxyl groups excluding tert-OH is 1. The summed E-state index contributed by atoms with van der Waals surface area (Å²) in [7, 11) is 0. The van der Waals surface area contributed by atoms with E-state index in [1.165, 1.54) is 0 Å². The van der Waals surface area contributed by atoms with E-state index in [1.807, 2.05) is 11.6 Å². The first kappa shape index (κ1) is 14.0. The van der Waals surface area contributed by atoms with Gasteiger partial charge in [0.25, 0.3) is 5.91 Å². The maximum atomic E-state index is 12.4. The Morgan fingerprint density at radius 3 is 3.05 bits per heavy atom. The van der Waals surface area contributed by atoms with Gasteiger partial charge in [-0.15, -0.1) is 0 Å². The van der Waals surface area contributed by atoms with Crippen LogP contribution in [0.2, 0.25) is 0 Å². The Labute approximate surface area is 113 Å². The van der Waals surface area contributed by atoms with Gasteiger partial charge in [0.2, 0.25) is 0 Å². The second kappa shape index (κ2) is 6.16. The fourth-order valence-corrected chi connectivity index (χ4v) is 2.46. The van der Waals surface area contributed by atoms with Gasteiger partial charge in [-0.05, 0) is 26.3 Å². The summed E-state index contributed by atoms with van der Waals surface area (Å²) >= 11 is 0. The number of carbonyl (C=O) groups is 1. The molecule has 1 saturated heterocycles. The molecule has 2 heterocycles. The largest absolute Gasteiger partial charge is 0.396 e. The standard InChI is InChI=1S/C13H22N4O2/c1-10-12(7-15-17(10)5-2-4-14)13(19)16-6-3-11(8-16)9-18/h7,11,18H,2-6,8-9,14H2,1H3. The fourth-order valence-electron chi connectivity index (χ4n) is 2.46. The monoisotopic (exact) mass is 266 g/mol. The molecule has 3 N–H and O–H groups in total. The number of aromatic nitrogens is 2. The van der Waals surface area contributed by atoms with Crippen LogP contribution in [0.1, 0.15) is 28.9 Å². The molecule has 0 radical (unpaired) electrons. The first-order valence-electron chi connectivity index (χ1n) is 6.80. The Morgan fingerprint density at radius 2 is 2.42 bits per heavy atom. The van der Waals surface area contributed by atoms with Crippen molar-refractivity contribution in [1.29, 1.82) is 0 Å². The summed E-state index contributed by atoms with van der Waals surface area (Å²) < 4.78 is 1.83. The van der Waals surface area contributed by atoms with Crippen LogP contribution in [0.25, 0.3) is 0 Å². The number of rotatable bonds is 5. The second-order valence-electron chi connectivity index (χ2n) is 5.10. The minimum Gasteiger partial charge on any atom is -0.396 e. The van der Waals surface area contributed by atoms with Crippen LogP contribution in [0, 0.1) is 12.8 Å². The molecule has 1 aliphatic rings. The van der Waals surface area contributed by atoms with Crippen molar-refractivity contribution in [3.8, 4) is 0 Å². The zero-order valence-electron chi connectivity index (χ0n) is 11.4. The molecule has 1 aromatic heterocycles. The lowest BCUT2D eigenvalue weighted by molar-refractivity contribution is 0.0781. The summed E-state index contributed by atoms with van der Waals surface area (Å²) in [5, 5.41) is 13.4. The van der Waals surface area contributed by atoms with E-state index in [0.717, 1.165) is 31.6 Å². The molecule has 0 saturated carbocycles.